The molecule has 0 aliphatic carbocycles. The minimum absolute atomic E-state index is 0.129. The van der Waals surface area contributed by atoms with Gasteiger partial charge >= 0.3 is 12.2 Å². The molecular weight excluding hydrogens is 477 g/mol. The first-order valence-corrected chi connectivity index (χ1v) is 10.2. The van der Waals surface area contributed by atoms with E-state index in [1.165, 1.54) is 24.3 Å². The molecule has 2 N–H and O–H groups in total. The van der Waals surface area contributed by atoms with Crippen molar-refractivity contribution >= 4 is 36.1 Å². The number of halogens is 5. The van der Waals surface area contributed by atoms with Crippen molar-refractivity contribution in [2.24, 2.45) is 0 Å². The number of anilines is 2. The van der Waals surface area contributed by atoms with E-state index in [4.69, 9.17) is 0 Å². The number of urea groups is 1. The van der Waals surface area contributed by atoms with Gasteiger partial charge in [0.2, 0.25) is 0 Å². The zero-order chi connectivity index (χ0) is 24.9. The number of benzene rings is 3. The highest BCUT2D eigenvalue weighted by molar-refractivity contribution is 7.82. The number of amides is 3. The third-order valence-corrected chi connectivity index (χ3v) is 5.13. The van der Waals surface area contributed by atoms with E-state index < -0.39 is 46.6 Å². The second-order valence-electron chi connectivity index (χ2n) is 7.08. The third-order valence-electron chi connectivity index (χ3n) is 4.72. The first-order valence-electron chi connectivity index (χ1n) is 9.84. The Bertz CT molecular complexity index is 1190. The number of hydrogen-bond acceptors (Lipinski definition) is 3. The Kier molecular flexibility index (Phi) is 7.77. The number of nitrogens with zero attached hydrogens (tertiary/aromatic N) is 1. The van der Waals surface area contributed by atoms with Gasteiger partial charge in [-0.25, -0.2) is 17.9 Å². The van der Waals surface area contributed by atoms with Gasteiger partial charge < -0.3 is 10.6 Å². The predicted molar refractivity (Wildman–Crippen MR) is 121 cm³/mol. The first-order chi connectivity index (χ1) is 16.1. The fourth-order valence-corrected chi connectivity index (χ4v) is 3.19. The predicted octanol–water partition coefficient (Wildman–Crippen LogP) is 5.84. The molecule has 34 heavy (non-hydrogen) atoms. The van der Waals surface area contributed by atoms with Crippen LogP contribution in [0, 0.1) is 11.6 Å². The van der Waals surface area contributed by atoms with Gasteiger partial charge in [0.25, 0.3) is 5.91 Å². The van der Waals surface area contributed by atoms with Crippen molar-refractivity contribution in [1.29, 1.82) is 0 Å². The summed E-state index contributed by atoms with van der Waals surface area (Å²) >= 11 is 3.97. The van der Waals surface area contributed by atoms with Crippen molar-refractivity contribution in [3.8, 4) is 0 Å². The van der Waals surface area contributed by atoms with Crippen LogP contribution in [-0.2, 0) is 12.6 Å². The van der Waals surface area contributed by atoms with Gasteiger partial charge in [-0.05, 0) is 54.4 Å². The topological polar surface area (TPSA) is 61.4 Å². The van der Waals surface area contributed by atoms with Gasteiger partial charge in [-0.2, -0.15) is 13.2 Å². The van der Waals surface area contributed by atoms with Crippen LogP contribution in [0.2, 0.25) is 0 Å². The van der Waals surface area contributed by atoms with Crippen molar-refractivity contribution in [3.05, 3.63) is 95.1 Å². The number of carbonyl (C=O) groups excluding carboxylic acids is 2. The van der Waals surface area contributed by atoms with Crippen molar-refractivity contribution in [1.82, 2.24) is 5.32 Å². The van der Waals surface area contributed by atoms with Gasteiger partial charge in [0.1, 0.15) is 11.6 Å². The molecule has 11 heteroatoms. The normalized spacial score (nSPS) is 11.1. The first kappa shape index (κ1) is 25.0. The number of rotatable bonds is 6. The minimum Gasteiger partial charge on any atom is -0.337 e. The second kappa shape index (κ2) is 10.6. The van der Waals surface area contributed by atoms with Gasteiger partial charge in [-0.3, -0.25) is 4.79 Å². The Morgan fingerprint density at radius 3 is 2.26 bits per heavy atom. The zero-order valence-corrected chi connectivity index (χ0v) is 18.3. The van der Waals surface area contributed by atoms with Crippen LogP contribution < -0.4 is 14.9 Å². The largest absolute Gasteiger partial charge is 0.418 e. The van der Waals surface area contributed by atoms with E-state index in [-0.39, 0.29) is 12.2 Å². The maximum atomic E-state index is 13.8. The lowest BCUT2D eigenvalue weighted by Gasteiger charge is -2.20. The fourth-order valence-electron chi connectivity index (χ4n) is 3.00. The van der Waals surface area contributed by atoms with Crippen molar-refractivity contribution < 1.29 is 31.5 Å². The number of alkyl halides is 3. The summed E-state index contributed by atoms with van der Waals surface area (Å²) in [6.07, 6.45) is -4.52. The monoisotopic (exact) mass is 495 g/mol. The van der Waals surface area contributed by atoms with Gasteiger partial charge in [0, 0.05) is 6.54 Å². The Morgan fingerprint density at radius 2 is 1.62 bits per heavy atom. The number of thiol groups is 1. The molecule has 0 radical (unpaired) electrons. The molecule has 0 unspecified atom stereocenters. The van der Waals surface area contributed by atoms with E-state index >= 15 is 0 Å². The zero-order valence-electron chi connectivity index (χ0n) is 17.4. The van der Waals surface area contributed by atoms with Crippen LogP contribution in [0.5, 0.6) is 0 Å². The highest BCUT2D eigenvalue weighted by Gasteiger charge is 2.35. The molecule has 0 aliphatic rings. The highest BCUT2D eigenvalue weighted by Crippen LogP contribution is 2.38. The molecule has 0 heterocycles. The van der Waals surface area contributed by atoms with Crippen molar-refractivity contribution in [3.63, 3.8) is 0 Å². The quantitative estimate of drug-likeness (QED) is 0.297. The summed E-state index contributed by atoms with van der Waals surface area (Å²) < 4.78 is 68.4. The molecule has 0 spiro atoms. The Labute approximate surface area is 197 Å². The Hall–Kier alpha value is -3.60. The Balaban J connectivity index is 1.73. The third kappa shape index (κ3) is 6.25. The standard InChI is InChI=1S/C23H18F5N3O2S/c24-15-7-5-14(6-8-15)11-12-29-22(33)31(34)16-9-10-20(18(13-16)23(26,27)28)30-21(32)17-3-1-2-4-19(17)25/h1-10,13,34H,11-12H2,(H,29,33)(H,30,32). The molecule has 178 valence electrons. The average molecular weight is 495 g/mol. The van der Waals surface area contributed by atoms with Crippen LogP contribution in [0.3, 0.4) is 0 Å². The lowest BCUT2D eigenvalue weighted by Crippen LogP contribution is -2.35. The minimum atomic E-state index is -4.89. The summed E-state index contributed by atoms with van der Waals surface area (Å²) in [5, 5.41) is 4.56. The SMILES string of the molecule is O=C(Nc1ccc(N(S)C(=O)NCCc2ccc(F)cc2)cc1C(F)(F)F)c1ccccc1F. The molecule has 3 amide bonds. The molecular formula is C23H18F5N3O2S. The summed E-state index contributed by atoms with van der Waals surface area (Å²) in [4.78, 5) is 24.6. The van der Waals surface area contributed by atoms with Crippen molar-refractivity contribution in [2.75, 3.05) is 16.2 Å². The molecule has 0 fully saturated rings. The van der Waals surface area contributed by atoms with Crippen LogP contribution >= 0.6 is 12.8 Å². The average Bonchev–Trinajstić information content (AvgIpc) is 2.79. The maximum absolute atomic E-state index is 13.8. The van der Waals surface area contributed by atoms with E-state index in [1.807, 2.05) is 0 Å². The second-order valence-corrected chi connectivity index (χ2v) is 7.48. The van der Waals surface area contributed by atoms with E-state index in [9.17, 15) is 31.5 Å². The molecule has 3 rings (SSSR count). The molecule has 0 saturated heterocycles. The van der Waals surface area contributed by atoms with Crippen LogP contribution in [0.4, 0.5) is 38.1 Å². The van der Waals surface area contributed by atoms with E-state index in [0.29, 0.717) is 16.8 Å². The summed E-state index contributed by atoms with van der Waals surface area (Å²) in [6.45, 7) is 0.129. The molecule has 3 aromatic rings. The summed E-state index contributed by atoms with van der Waals surface area (Å²) in [6, 6.07) is 12.4. The van der Waals surface area contributed by atoms with Crippen LogP contribution in [0.15, 0.2) is 66.7 Å². The number of nitrogens with one attached hydrogen (secondary N) is 2. The maximum Gasteiger partial charge on any atom is 0.418 e. The molecule has 0 bridgehead atoms. The number of hydrogen-bond donors (Lipinski definition) is 3. The molecule has 0 saturated carbocycles. The van der Waals surface area contributed by atoms with Gasteiger partial charge in [-0.15, -0.1) is 0 Å². The van der Waals surface area contributed by atoms with E-state index in [2.05, 4.69) is 23.4 Å². The molecule has 3 aromatic carbocycles. The lowest BCUT2D eigenvalue weighted by atomic mass is 10.1. The van der Waals surface area contributed by atoms with E-state index in [1.54, 1.807) is 12.1 Å². The van der Waals surface area contributed by atoms with Gasteiger partial charge in [0.05, 0.1) is 22.5 Å². The summed E-state index contributed by atoms with van der Waals surface area (Å²) in [5.74, 6) is -2.34. The summed E-state index contributed by atoms with van der Waals surface area (Å²) in [5.41, 5.74) is -1.73. The van der Waals surface area contributed by atoms with Gasteiger partial charge in [0.15, 0.2) is 0 Å². The Morgan fingerprint density at radius 1 is 0.941 bits per heavy atom. The molecule has 0 atom stereocenters. The van der Waals surface area contributed by atoms with Crippen LogP contribution in [0.1, 0.15) is 21.5 Å². The summed E-state index contributed by atoms with van der Waals surface area (Å²) in [7, 11) is 0. The molecule has 0 aromatic heterocycles. The van der Waals surface area contributed by atoms with Crippen LogP contribution in [-0.4, -0.2) is 18.5 Å². The lowest BCUT2D eigenvalue weighted by molar-refractivity contribution is -0.136. The highest BCUT2D eigenvalue weighted by atomic mass is 32.1. The van der Waals surface area contributed by atoms with Crippen molar-refractivity contribution in [2.45, 2.75) is 12.6 Å². The fraction of sp³-hybridized carbons (Fsp3) is 0.130. The van der Waals surface area contributed by atoms with Gasteiger partial charge in [-0.1, -0.05) is 37.1 Å². The molecule has 5 nitrogen and oxygen atoms in total. The number of carbonyl (C=O) groups is 2. The smallest absolute Gasteiger partial charge is 0.337 e. The molecule has 0 aliphatic heterocycles. The van der Waals surface area contributed by atoms with E-state index in [0.717, 1.165) is 29.8 Å². The van der Waals surface area contributed by atoms with Crippen LogP contribution in [0.25, 0.3) is 0 Å².